The zero-order valence-corrected chi connectivity index (χ0v) is 14.3. The van der Waals surface area contributed by atoms with Crippen molar-refractivity contribution in [2.75, 3.05) is 39.8 Å². The second kappa shape index (κ2) is 9.37. The van der Waals surface area contributed by atoms with Crippen molar-refractivity contribution in [2.24, 2.45) is 0 Å². The number of hydrogen-bond acceptors (Lipinski definition) is 3. The van der Waals surface area contributed by atoms with E-state index in [0.717, 1.165) is 44.5 Å². The summed E-state index contributed by atoms with van der Waals surface area (Å²) in [7, 11) is 1.89. The van der Waals surface area contributed by atoms with Crippen LogP contribution in [0.2, 0.25) is 0 Å². The first kappa shape index (κ1) is 18.4. The van der Waals surface area contributed by atoms with E-state index < -0.39 is 0 Å². The summed E-state index contributed by atoms with van der Waals surface area (Å²) >= 11 is 0. The lowest BCUT2D eigenvalue weighted by atomic mass is 10.1. The van der Waals surface area contributed by atoms with Crippen molar-refractivity contribution in [2.45, 2.75) is 25.7 Å². The van der Waals surface area contributed by atoms with Crippen molar-refractivity contribution >= 4 is 11.8 Å². The van der Waals surface area contributed by atoms with Crippen LogP contribution in [0.25, 0.3) is 0 Å². The number of amides is 2. The number of rotatable bonds is 9. The molecule has 0 atom stereocenters. The standard InChI is InChI=1S/C18H26FN3O2/c1-21(13-9-15-5-7-16(19)8-6-15)14-17(23)20-10-3-12-22-11-2-4-18(22)24/h5-8H,2-4,9-14H2,1H3,(H,20,23). The lowest BCUT2D eigenvalue weighted by Gasteiger charge is -2.17. The fraction of sp³-hybridized carbons (Fsp3) is 0.556. The van der Waals surface area contributed by atoms with Crippen molar-refractivity contribution in [1.82, 2.24) is 15.1 Å². The zero-order chi connectivity index (χ0) is 17.4. The molecule has 0 aliphatic carbocycles. The molecule has 2 amide bonds. The Morgan fingerprint density at radius 1 is 1.33 bits per heavy atom. The third kappa shape index (κ3) is 6.28. The number of carbonyl (C=O) groups is 2. The second-order valence-electron chi connectivity index (χ2n) is 6.30. The van der Waals surface area contributed by atoms with Crippen molar-refractivity contribution in [1.29, 1.82) is 0 Å². The van der Waals surface area contributed by atoms with Gasteiger partial charge in [0.2, 0.25) is 11.8 Å². The molecule has 1 heterocycles. The van der Waals surface area contributed by atoms with Gasteiger partial charge in [-0.2, -0.15) is 0 Å². The Balaban J connectivity index is 1.56. The third-order valence-electron chi connectivity index (χ3n) is 4.21. The Morgan fingerprint density at radius 2 is 2.08 bits per heavy atom. The molecule has 5 nitrogen and oxygen atoms in total. The summed E-state index contributed by atoms with van der Waals surface area (Å²) in [4.78, 5) is 27.2. The van der Waals surface area contributed by atoms with Crippen LogP contribution in [0.1, 0.15) is 24.8 Å². The van der Waals surface area contributed by atoms with Crippen LogP contribution < -0.4 is 5.32 Å². The highest BCUT2D eigenvalue weighted by Crippen LogP contribution is 2.09. The van der Waals surface area contributed by atoms with Gasteiger partial charge in [0.1, 0.15) is 5.82 Å². The second-order valence-corrected chi connectivity index (χ2v) is 6.30. The zero-order valence-electron chi connectivity index (χ0n) is 14.3. The van der Waals surface area contributed by atoms with Crippen molar-refractivity contribution < 1.29 is 14.0 Å². The molecule has 1 aromatic rings. The van der Waals surface area contributed by atoms with Gasteiger partial charge in [-0.3, -0.25) is 14.5 Å². The lowest BCUT2D eigenvalue weighted by Crippen LogP contribution is -2.37. The average Bonchev–Trinajstić information content (AvgIpc) is 2.96. The van der Waals surface area contributed by atoms with E-state index in [-0.39, 0.29) is 17.6 Å². The van der Waals surface area contributed by atoms with Gasteiger partial charge in [0.25, 0.3) is 0 Å². The molecule has 0 saturated carbocycles. The molecule has 1 N–H and O–H groups in total. The summed E-state index contributed by atoms with van der Waals surface area (Å²) in [5, 5.41) is 2.89. The monoisotopic (exact) mass is 335 g/mol. The molecule has 0 bridgehead atoms. The molecule has 2 rings (SSSR count). The molecule has 1 aromatic carbocycles. The first-order valence-corrected chi connectivity index (χ1v) is 8.52. The smallest absolute Gasteiger partial charge is 0.234 e. The van der Waals surface area contributed by atoms with Gasteiger partial charge in [0.05, 0.1) is 6.54 Å². The Labute approximate surface area is 142 Å². The Bertz CT molecular complexity index is 548. The minimum Gasteiger partial charge on any atom is -0.355 e. The van der Waals surface area contributed by atoms with Gasteiger partial charge in [-0.1, -0.05) is 12.1 Å². The summed E-state index contributed by atoms with van der Waals surface area (Å²) in [6.07, 6.45) is 3.17. The van der Waals surface area contributed by atoms with Crippen LogP contribution in [0, 0.1) is 5.82 Å². The van der Waals surface area contributed by atoms with Gasteiger partial charge in [-0.15, -0.1) is 0 Å². The van der Waals surface area contributed by atoms with Gasteiger partial charge in [-0.25, -0.2) is 4.39 Å². The SMILES string of the molecule is CN(CCc1ccc(F)cc1)CC(=O)NCCCN1CCCC1=O. The molecule has 0 radical (unpaired) electrons. The van der Waals surface area contributed by atoms with Crippen LogP contribution >= 0.6 is 0 Å². The average molecular weight is 335 g/mol. The van der Waals surface area contributed by atoms with Crippen molar-refractivity contribution in [3.63, 3.8) is 0 Å². The van der Waals surface area contributed by atoms with Crippen molar-refractivity contribution in [3.8, 4) is 0 Å². The third-order valence-corrected chi connectivity index (χ3v) is 4.21. The molecule has 0 aromatic heterocycles. The first-order valence-electron chi connectivity index (χ1n) is 8.52. The van der Waals surface area contributed by atoms with E-state index in [1.54, 1.807) is 12.1 Å². The highest BCUT2D eigenvalue weighted by atomic mass is 19.1. The van der Waals surface area contributed by atoms with Gasteiger partial charge in [-0.05, 0) is 44.0 Å². The number of nitrogens with one attached hydrogen (secondary N) is 1. The maximum absolute atomic E-state index is 12.8. The molecule has 1 aliphatic heterocycles. The molecule has 0 spiro atoms. The number of halogens is 1. The lowest BCUT2D eigenvalue weighted by molar-refractivity contribution is -0.127. The molecular weight excluding hydrogens is 309 g/mol. The number of likely N-dealkylation sites (N-methyl/N-ethyl adjacent to an activating group) is 1. The molecule has 1 saturated heterocycles. The van der Waals surface area contributed by atoms with Crippen LogP contribution in [-0.4, -0.2) is 61.4 Å². The van der Waals surface area contributed by atoms with E-state index in [1.807, 2.05) is 16.8 Å². The highest BCUT2D eigenvalue weighted by molar-refractivity contribution is 5.78. The predicted molar refractivity (Wildman–Crippen MR) is 91.0 cm³/mol. The minimum absolute atomic E-state index is 0.00986. The van der Waals surface area contributed by atoms with Crippen LogP contribution in [0.5, 0.6) is 0 Å². The van der Waals surface area contributed by atoms with Crippen LogP contribution in [-0.2, 0) is 16.0 Å². The normalized spacial score (nSPS) is 14.5. The maximum Gasteiger partial charge on any atom is 0.234 e. The minimum atomic E-state index is -0.234. The Kier molecular flexibility index (Phi) is 7.18. The van der Waals surface area contributed by atoms with Crippen LogP contribution in [0.3, 0.4) is 0 Å². The van der Waals surface area contributed by atoms with E-state index in [1.165, 1.54) is 12.1 Å². The number of hydrogen-bond donors (Lipinski definition) is 1. The van der Waals surface area contributed by atoms with Crippen LogP contribution in [0.4, 0.5) is 4.39 Å². The number of carbonyl (C=O) groups excluding carboxylic acids is 2. The first-order chi connectivity index (χ1) is 11.5. The molecule has 0 unspecified atom stereocenters. The van der Waals surface area contributed by atoms with E-state index in [0.29, 0.717) is 19.5 Å². The number of nitrogens with zero attached hydrogens (tertiary/aromatic N) is 2. The largest absolute Gasteiger partial charge is 0.355 e. The van der Waals surface area contributed by atoms with E-state index in [4.69, 9.17) is 0 Å². The topological polar surface area (TPSA) is 52.7 Å². The maximum atomic E-state index is 12.8. The Hall–Kier alpha value is -1.95. The Morgan fingerprint density at radius 3 is 2.75 bits per heavy atom. The van der Waals surface area contributed by atoms with Gasteiger partial charge in [0.15, 0.2) is 0 Å². The van der Waals surface area contributed by atoms with Crippen LogP contribution in [0.15, 0.2) is 24.3 Å². The van der Waals surface area contributed by atoms with E-state index in [2.05, 4.69) is 5.32 Å². The molecule has 1 fully saturated rings. The van der Waals surface area contributed by atoms with Gasteiger partial charge < -0.3 is 10.2 Å². The fourth-order valence-electron chi connectivity index (χ4n) is 2.79. The highest BCUT2D eigenvalue weighted by Gasteiger charge is 2.19. The molecule has 24 heavy (non-hydrogen) atoms. The van der Waals surface area contributed by atoms with E-state index >= 15 is 0 Å². The summed E-state index contributed by atoms with van der Waals surface area (Å²) in [5.74, 6) is -0.0201. The summed E-state index contributed by atoms with van der Waals surface area (Å²) < 4.78 is 12.8. The quantitative estimate of drug-likeness (QED) is 0.695. The van der Waals surface area contributed by atoms with E-state index in [9.17, 15) is 14.0 Å². The molecular formula is C18H26FN3O2. The van der Waals surface area contributed by atoms with Gasteiger partial charge in [0, 0.05) is 32.6 Å². The summed E-state index contributed by atoms with van der Waals surface area (Å²) in [6, 6.07) is 6.44. The number of benzene rings is 1. The molecule has 6 heteroatoms. The summed E-state index contributed by atoms with van der Waals surface area (Å²) in [6.45, 7) is 3.23. The molecule has 1 aliphatic rings. The van der Waals surface area contributed by atoms with Gasteiger partial charge >= 0.3 is 0 Å². The fourth-order valence-corrected chi connectivity index (χ4v) is 2.79. The van der Waals surface area contributed by atoms with Crippen molar-refractivity contribution in [3.05, 3.63) is 35.6 Å². The number of likely N-dealkylation sites (tertiary alicyclic amines) is 1. The predicted octanol–water partition coefficient (Wildman–Crippen LogP) is 1.43. The summed E-state index contributed by atoms with van der Waals surface area (Å²) in [5.41, 5.74) is 1.05. The molecule has 132 valence electrons.